The second-order valence-electron chi connectivity index (χ2n) is 7.88. The molecule has 1 saturated heterocycles. The molecule has 1 aliphatic heterocycles. The quantitative estimate of drug-likeness (QED) is 0.895. The van der Waals surface area contributed by atoms with Crippen LogP contribution in [0.2, 0.25) is 0 Å². The summed E-state index contributed by atoms with van der Waals surface area (Å²) in [5, 5.41) is 9.90. The smallest absolute Gasteiger partial charge is 0.115 e. The Labute approximate surface area is 128 Å². The van der Waals surface area contributed by atoms with Crippen LogP contribution >= 0.6 is 0 Å². The van der Waals surface area contributed by atoms with E-state index < -0.39 is 0 Å². The number of hydrogen-bond donors (Lipinski definition) is 1. The molecule has 1 heterocycles. The Balaban J connectivity index is 1.73. The van der Waals surface area contributed by atoms with Crippen molar-refractivity contribution >= 4 is 0 Å². The van der Waals surface area contributed by atoms with E-state index in [1.807, 2.05) is 12.1 Å². The van der Waals surface area contributed by atoms with Gasteiger partial charge in [0.15, 0.2) is 0 Å². The van der Waals surface area contributed by atoms with Crippen LogP contribution in [0.25, 0.3) is 0 Å². The lowest BCUT2D eigenvalue weighted by Gasteiger charge is -2.56. The normalized spacial score (nSPS) is 37.1. The molecule has 21 heavy (non-hydrogen) atoms. The van der Waals surface area contributed by atoms with Crippen molar-refractivity contribution in [2.45, 2.75) is 64.0 Å². The van der Waals surface area contributed by atoms with Crippen LogP contribution in [-0.4, -0.2) is 28.6 Å². The van der Waals surface area contributed by atoms with Gasteiger partial charge in [0.25, 0.3) is 0 Å². The van der Waals surface area contributed by atoms with Gasteiger partial charge in [-0.2, -0.15) is 0 Å². The van der Waals surface area contributed by atoms with E-state index in [9.17, 15) is 5.11 Å². The molecule has 4 rings (SSSR count). The molecule has 1 aromatic rings. The van der Waals surface area contributed by atoms with Gasteiger partial charge in [-0.05, 0) is 79.7 Å². The lowest BCUT2D eigenvalue weighted by Crippen LogP contribution is -2.60. The summed E-state index contributed by atoms with van der Waals surface area (Å²) >= 11 is 0. The molecule has 0 radical (unpaired) electrons. The van der Waals surface area contributed by atoms with Crippen LogP contribution < -0.4 is 0 Å². The number of piperidine rings is 1. The summed E-state index contributed by atoms with van der Waals surface area (Å²) < 4.78 is 0. The van der Waals surface area contributed by atoms with Crippen LogP contribution in [0.3, 0.4) is 0 Å². The third-order valence-corrected chi connectivity index (χ3v) is 6.86. The third kappa shape index (κ3) is 1.95. The first-order chi connectivity index (χ1) is 10.0. The maximum atomic E-state index is 9.90. The number of fused-ring (bicyclic) bond motifs is 4. The van der Waals surface area contributed by atoms with Crippen LogP contribution in [0, 0.1) is 11.8 Å². The van der Waals surface area contributed by atoms with E-state index in [4.69, 9.17) is 0 Å². The Morgan fingerprint density at radius 2 is 2.10 bits per heavy atom. The first-order valence-electron chi connectivity index (χ1n) is 8.59. The molecule has 1 saturated carbocycles. The molecular weight excluding hydrogens is 258 g/mol. The van der Waals surface area contributed by atoms with Gasteiger partial charge in [-0.25, -0.2) is 0 Å². The van der Waals surface area contributed by atoms with E-state index in [-0.39, 0.29) is 5.41 Å². The maximum Gasteiger partial charge on any atom is 0.115 e. The lowest BCUT2D eigenvalue weighted by atomic mass is 9.58. The average Bonchev–Trinajstić information content (AvgIpc) is 3.28. The van der Waals surface area contributed by atoms with Crippen LogP contribution in [0.4, 0.5) is 0 Å². The summed E-state index contributed by atoms with van der Waals surface area (Å²) in [5.41, 5.74) is 3.10. The second-order valence-corrected chi connectivity index (χ2v) is 7.88. The zero-order valence-corrected chi connectivity index (χ0v) is 13.5. The number of hydrogen-bond acceptors (Lipinski definition) is 2. The van der Waals surface area contributed by atoms with Crippen molar-refractivity contribution in [1.82, 2.24) is 4.90 Å². The fourth-order valence-corrected chi connectivity index (χ4v) is 5.00. The Morgan fingerprint density at radius 1 is 1.33 bits per heavy atom. The summed E-state index contributed by atoms with van der Waals surface area (Å²) in [4.78, 5) is 2.81. The van der Waals surface area contributed by atoms with Crippen molar-refractivity contribution in [3.63, 3.8) is 0 Å². The zero-order chi connectivity index (χ0) is 14.8. The molecule has 4 atom stereocenters. The fourth-order valence-electron chi connectivity index (χ4n) is 5.00. The zero-order valence-electron chi connectivity index (χ0n) is 13.5. The number of rotatable bonds is 2. The van der Waals surface area contributed by atoms with Crippen molar-refractivity contribution < 1.29 is 5.11 Å². The van der Waals surface area contributed by atoms with Crippen molar-refractivity contribution in [3.8, 4) is 5.75 Å². The highest BCUT2D eigenvalue weighted by molar-refractivity contribution is 5.44. The van der Waals surface area contributed by atoms with Crippen molar-refractivity contribution in [1.29, 1.82) is 0 Å². The number of nitrogens with zero attached hydrogens (tertiary/aromatic N) is 1. The van der Waals surface area contributed by atoms with Gasteiger partial charge in [-0.1, -0.05) is 19.9 Å². The Morgan fingerprint density at radius 3 is 2.81 bits per heavy atom. The molecule has 3 aliphatic rings. The maximum absolute atomic E-state index is 9.90. The van der Waals surface area contributed by atoms with Crippen LogP contribution in [0.15, 0.2) is 18.2 Å². The minimum atomic E-state index is 0.233. The number of phenols is 1. The van der Waals surface area contributed by atoms with Gasteiger partial charge < -0.3 is 5.11 Å². The monoisotopic (exact) mass is 285 g/mol. The topological polar surface area (TPSA) is 23.5 Å². The molecular formula is C19H27NO. The van der Waals surface area contributed by atoms with Gasteiger partial charge in [-0.15, -0.1) is 0 Å². The number of benzene rings is 1. The SMILES string of the molecule is CC1[C@H]2Cc3ccc(O)cc3C1(C)CCN2[C@H](C)C1CC1. The first-order valence-corrected chi connectivity index (χ1v) is 8.59. The largest absolute Gasteiger partial charge is 0.508 e. The predicted molar refractivity (Wildman–Crippen MR) is 85.6 cm³/mol. The van der Waals surface area contributed by atoms with Crippen LogP contribution in [-0.2, 0) is 11.8 Å². The van der Waals surface area contributed by atoms with E-state index in [1.54, 1.807) is 0 Å². The molecule has 2 fully saturated rings. The highest BCUT2D eigenvalue weighted by Gasteiger charge is 2.50. The molecule has 0 spiro atoms. The van der Waals surface area contributed by atoms with E-state index in [0.717, 1.165) is 18.4 Å². The minimum absolute atomic E-state index is 0.233. The number of aromatic hydroxyl groups is 1. The van der Waals surface area contributed by atoms with E-state index in [0.29, 0.717) is 17.7 Å². The minimum Gasteiger partial charge on any atom is -0.508 e. The molecule has 2 heteroatoms. The highest BCUT2D eigenvalue weighted by Crippen LogP contribution is 2.51. The lowest BCUT2D eigenvalue weighted by molar-refractivity contribution is 0.000427. The summed E-state index contributed by atoms with van der Waals surface area (Å²) in [7, 11) is 0. The third-order valence-electron chi connectivity index (χ3n) is 6.86. The summed E-state index contributed by atoms with van der Waals surface area (Å²) in [6, 6.07) is 7.48. The fraction of sp³-hybridized carbons (Fsp3) is 0.684. The highest BCUT2D eigenvalue weighted by atomic mass is 16.3. The molecule has 1 N–H and O–H groups in total. The van der Waals surface area contributed by atoms with Crippen molar-refractivity contribution in [3.05, 3.63) is 29.3 Å². The molecule has 2 nitrogen and oxygen atoms in total. The Kier molecular flexibility index (Phi) is 2.91. The van der Waals surface area contributed by atoms with Gasteiger partial charge in [0, 0.05) is 12.1 Å². The van der Waals surface area contributed by atoms with Gasteiger partial charge in [0.2, 0.25) is 0 Å². The van der Waals surface area contributed by atoms with Crippen molar-refractivity contribution in [2.24, 2.45) is 11.8 Å². The van der Waals surface area contributed by atoms with Gasteiger partial charge in [-0.3, -0.25) is 4.90 Å². The molecule has 2 bridgehead atoms. The summed E-state index contributed by atoms with van der Waals surface area (Å²) in [5.74, 6) is 2.04. The van der Waals surface area contributed by atoms with E-state index in [1.165, 1.54) is 36.9 Å². The van der Waals surface area contributed by atoms with Gasteiger partial charge in [0.1, 0.15) is 5.75 Å². The number of phenolic OH excluding ortho intramolecular Hbond substituents is 1. The molecule has 2 aliphatic carbocycles. The molecule has 1 aromatic carbocycles. The van der Waals surface area contributed by atoms with E-state index in [2.05, 4.69) is 31.7 Å². The standard InChI is InChI=1S/C19H27NO/c1-12-18-10-15-6-7-16(21)11-17(15)19(12,3)8-9-20(18)13(2)14-4-5-14/h6-7,11-14,18,21H,4-5,8-10H2,1-3H3/t12?,13-,18-,19?/m1/s1. The Bertz CT molecular complexity index is 565. The van der Waals surface area contributed by atoms with Gasteiger partial charge >= 0.3 is 0 Å². The number of likely N-dealkylation sites (tertiary alicyclic amines) is 1. The Hall–Kier alpha value is -1.02. The summed E-state index contributed by atoms with van der Waals surface area (Å²) in [6.07, 6.45) is 5.24. The summed E-state index contributed by atoms with van der Waals surface area (Å²) in [6.45, 7) is 8.52. The first kappa shape index (κ1) is 13.6. The van der Waals surface area contributed by atoms with Crippen LogP contribution in [0.5, 0.6) is 5.75 Å². The molecule has 0 amide bonds. The van der Waals surface area contributed by atoms with Crippen LogP contribution in [0.1, 0.15) is 51.2 Å². The molecule has 114 valence electrons. The molecule has 2 unspecified atom stereocenters. The predicted octanol–water partition coefficient (Wildman–Crippen LogP) is 3.71. The second kappa shape index (κ2) is 4.49. The average molecular weight is 285 g/mol. The molecule has 0 aromatic heterocycles. The van der Waals surface area contributed by atoms with E-state index >= 15 is 0 Å². The van der Waals surface area contributed by atoms with Gasteiger partial charge in [0.05, 0.1) is 0 Å². The van der Waals surface area contributed by atoms with Crippen molar-refractivity contribution in [2.75, 3.05) is 6.54 Å².